The van der Waals surface area contributed by atoms with Gasteiger partial charge >= 0.3 is 0 Å². The van der Waals surface area contributed by atoms with Crippen LogP contribution in [0.15, 0.2) is 59.2 Å². The van der Waals surface area contributed by atoms with Crippen molar-refractivity contribution in [3.8, 4) is 5.75 Å². The Bertz CT molecular complexity index is 703. The van der Waals surface area contributed by atoms with Gasteiger partial charge in [0.25, 0.3) is 0 Å². The molecule has 102 valence electrons. The average molecular weight is 267 g/mol. The van der Waals surface area contributed by atoms with Gasteiger partial charge in [-0.2, -0.15) is 0 Å². The maximum atomic E-state index is 5.54. The number of hydrogen-bond acceptors (Lipinski definition) is 3. The predicted octanol–water partition coefficient (Wildman–Crippen LogP) is 4.44. The molecule has 0 aliphatic heterocycles. The Kier molecular flexibility index (Phi) is 3.59. The van der Waals surface area contributed by atoms with Crippen LogP contribution in [0.3, 0.4) is 0 Å². The van der Waals surface area contributed by atoms with Crippen molar-refractivity contribution >= 4 is 16.7 Å². The third kappa shape index (κ3) is 2.62. The lowest BCUT2D eigenvalue weighted by molar-refractivity contribution is 0.340. The molecular formula is C17H17NO2. The summed E-state index contributed by atoms with van der Waals surface area (Å²) in [5.41, 5.74) is 3.12. The van der Waals surface area contributed by atoms with E-state index < -0.39 is 0 Å². The number of nitrogens with one attached hydrogen (secondary N) is 1. The summed E-state index contributed by atoms with van der Waals surface area (Å²) in [6.45, 7) is 3.39. The minimum atomic E-state index is 0.676. The van der Waals surface area contributed by atoms with Crippen LogP contribution in [-0.4, -0.2) is 6.61 Å². The summed E-state index contributed by atoms with van der Waals surface area (Å²) >= 11 is 0. The number of furan rings is 1. The van der Waals surface area contributed by atoms with Gasteiger partial charge in [-0.1, -0.05) is 24.3 Å². The summed E-state index contributed by atoms with van der Waals surface area (Å²) in [6, 6.07) is 16.0. The number of rotatable bonds is 5. The van der Waals surface area contributed by atoms with Gasteiger partial charge < -0.3 is 14.5 Å². The van der Waals surface area contributed by atoms with Gasteiger partial charge in [-0.25, -0.2) is 0 Å². The SMILES string of the molecule is CCOc1cccc(NCc2coc3ccccc23)c1. The van der Waals surface area contributed by atoms with Crippen molar-refractivity contribution in [1.82, 2.24) is 0 Å². The molecule has 3 heteroatoms. The van der Waals surface area contributed by atoms with Crippen molar-refractivity contribution in [2.45, 2.75) is 13.5 Å². The van der Waals surface area contributed by atoms with Crippen molar-refractivity contribution in [1.29, 1.82) is 0 Å². The van der Waals surface area contributed by atoms with Gasteiger partial charge in [-0.15, -0.1) is 0 Å². The van der Waals surface area contributed by atoms with E-state index >= 15 is 0 Å². The summed E-state index contributed by atoms with van der Waals surface area (Å²) < 4.78 is 11.0. The van der Waals surface area contributed by atoms with Gasteiger partial charge in [0, 0.05) is 29.2 Å². The number of fused-ring (bicyclic) bond motifs is 1. The summed E-state index contributed by atoms with van der Waals surface area (Å²) in [6.07, 6.45) is 1.81. The molecule has 3 rings (SSSR count). The summed E-state index contributed by atoms with van der Waals surface area (Å²) in [5.74, 6) is 0.884. The molecule has 0 bridgehead atoms. The van der Waals surface area contributed by atoms with E-state index in [-0.39, 0.29) is 0 Å². The second-order valence-electron chi connectivity index (χ2n) is 4.57. The lowest BCUT2D eigenvalue weighted by atomic mass is 10.2. The molecule has 2 aromatic carbocycles. The van der Waals surface area contributed by atoms with Crippen LogP contribution in [0.5, 0.6) is 5.75 Å². The van der Waals surface area contributed by atoms with Crippen molar-refractivity contribution in [2.24, 2.45) is 0 Å². The molecule has 0 aliphatic rings. The lowest BCUT2D eigenvalue weighted by Gasteiger charge is -2.08. The Balaban J connectivity index is 1.74. The Morgan fingerprint density at radius 2 is 2.00 bits per heavy atom. The van der Waals surface area contributed by atoms with Crippen LogP contribution in [0.4, 0.5) is 5.69 Å². The molecule has 1 aromatic heterocycles. The zero-order valence-electron chi connectivity index (χ0n) is 11.4. The second-order valence-corrected chi connectivity index (χ2v) is 4.57. The summed E-state index contributed by atoms with van der Waals surface area (Å²) in [5, 5.41) is 4.55. The number of anilines is 1. The van der Waals surface area contributed by atoms with Crippen molar-refractivity contribution in [3.05, 3.63) is 60.4 Å². The summed E-state index contributed by atoms with van der Waals surface area (Å²) in [4.78, 5) is 0. The van der Waals surface area contributed by atoms with Gasteiger partial charge in [0.2, 0.25) is 0 Å². The smallest absolute Gasteiger partial charge is 0.134 e. The van der Waals surface area contributed by atoms with Crippen molar-refractivity contribution in [3.63, 3.8) is 0 Å². The zero-order valence-corrected chi connectivity index (χ0v) is 11.4. The number of benzene rings is 2. The highest BCUT2D eigenvalue weighted by atomic mass is 16.5. The minimum Gasteiger partial charge on any atom is -0.494 e. The molecule has 0 unspecified atom stereocenters. The molecule has 3 nitrogen and oxygen atoms in total. The molecule has 0 spiro atoms. The fourth-order valence-electron chi connectivity index (χ4n) is 2.23. The van der Waals surface area contributed by atoms with E-state index in [0.717, 1.165) is 34.5 Å². The van der Waals surface area contributed by atoms with Crippen molar-refractivity contribution in [2.75, 3.05) is 11.9 Å². The van der Waals surface area contributed by atoms with Gasteiger partial charge in [0.05, 0.1) is 12.9 Å². The molecule has 3 aromatic rings. The Labute approximate surface area is 118 Å². The monoisotopic (exact) mass is 267 g/mol. The van der Waals surface area contributed by atoms with Gasteiger partial charge in [-0.3, -0.25) is 0 Å². The topological polar surface area (TPSA) is 34.4 Å². The minimum absolute atomic E-state index is 0.676. The van der Waals surface area contributed by atoms with Crippen LogP contribution in [0.2, 0.25) is 0 Å². The molecule has 0 saturated heterocycles. The van der Waals surface area contributed by atoms with Gasteiger partial charge in [-0.05, 0) is 25.1 Å². The van der Waals surface area contributed by atoms with E-state index in [4.69, 9.17) is 9.15 Å². The fourth-order valence-corrected chi connectivity index (χ4v) is 2.23. The van der Waals surface area contributed by atoms with Gasteiger partial charge in [0.1, 0.15) is 11.3 Å². The van der Waals surface area contributed by atoms with E-state index in [1.807, 2.05) is 55.7 Å². The standard InChI is InChI=1S/C17H17NO2/c1-2-19-15-7-5-6-14(10-15)18-11-13-12-20-17-9-4-3-8-16(13)17/h3-10,12,18H,2,11H2,1H3. The fraction of sp³-hybridized carbons (Fsp3) is 0.176. The maximum absolute atomic E-state index is 5.54. The molecule has 0 aliphatic carbocycles. The maximum Gasteiger partial charge on any atom is 0.134 e. The Morgan fingerprint density at radius 1 is 1.10 bits per heavy atom. The number of hydrogen-bond donors (Lipinski definition) is 1. The molecule has 0 atom stereocenters. The molecular weight excluding hydrogens is 250 g/mol. The molecule has 1 heterocycles. The van der Waals surface area contributed by atoms with Crippen LogP contribution >= 0.6 is 0 Å². The first-order chi connectivity index (χ1) is 9.86. The van der Waals surface area contributed by atoms with Crippen LogP contribution in [-0.2, 0) is 6.54 Å². The largest absolute Gasteiger partial charge is 0.494 e. The molecule has 0 fully saturated rings. The lowest BCUT2D eigenvalue weighted by Crippen LogP contribution is -1.99. The van der Waals surface area contributed by atoms with Gasteiger partial charge in [0.15, 0.2) is 0 Å². The third-order valence-corrected chi connectivity index (χ3v) is 3.19. The van der Waals surface area contributed by atoms with E-state index in [2.05, 4.69) is 11.4 Å². The van der Waals surface area contributed by atoms with E-state index in [1.165, 1.54) is 0 Å². The third-order valence-electron chi connectivity index (χ3n) is 3.19. The zero-order chi connectivity index (χ0) is 13.8. The highest BCUT2D eigenvalue weighted by Crippen LogP contribution is 2.23. The van der Waals surface area contributed by atoms with Crippen LogP contribution < -0.4 is 10.1 Å². The Hall–Kier alpha value is -2.42. The molecule has 20 heavy (non-hydrogen) atoms. The van der Waals surface area contributed by atoms with Crippen molar-refractivity contribution < 1.29 is 9.15 Å². The normalized spacial score (nSPS) is 10.7. The van der Waals surface area contributed by atoms with E-state index in [0.29, 0.717) is 6.61 Å². The molecule has 0 saturated carbocycles. The molecule has 0 amide bonds. The van der Waals surface area contributed by atoms with E-state index in [9.17, 15) is 0 Å². The summed E-state index contributed by atoms with van der Waals surface area (Å²) in [7, 11) is 0. The first-order valence-corrected chi connectivity index (χ1v) is 6.78. The Morgan fingerprint density at radius 3 is 2.90 bits per heavy atom. The highest BCUT2D eigenvalue weighted by Gasteiger charge is 2.04. The molecule has 0 radical (unpaired) electrons. The first kappa shape index (κ1) is 12.6. The second kappa shape index (κ2) is 5.70. The first-order valence-electron chi connectivity index (χ1n) is 6.78. The predicted molar refractivity (Wildman–Crippen MR) is 81.2 cm³/mol. The number of ether oxygens (including phenoxy) is 1. The molecule has 1 N–H and O–H groups in total. The van der Waals surface area contributed by atoms with Crippen LogP contribution in [0.25, 0.3) is 11.0 Å². The van der Waals surface area contributed by atoms with Crippen LogP contribution in [0, 0.1) is 0 Å². The highest BCUT2D eigenvalue weighted by molar-refractivity contribution is 5.81. The van der Waals surface area contributed by atoms with Crippen LogP contribution in [0.1, 0.15) is 12.5 Å². The number of para-hydroxylation sites is 1. The quantitative estimate of drug-likeness (QED) is 0.742. The average Bonchev–Trinajstić information content (AvgIpc) is 2.89. The van der Waals surface area contributed by atoms with E-state index in [1.54, 1.807) is 0 Å².